The van der Waals surface area contributed by atoms with E-state index in [0.29, 0.717) is 26.1 Å². The molecule has 2 aromatic heterocycles. The maximum Gasteiger partial charge on any atom is 0.263 e. The average molecular weight is 428 g/mol. The summed E-state index contributed by atoms with van der Waals surface area (Å²) in [5, 5.41) is 0.896. The monoisotopic (exact) mass is 427 g/mol. The summed E-state index contributed by atoms with van der Waals surface area (Å²) in [4.78, 5) is 23.4. The summed E-state index contributed by atoms with van der Waals surface area (Å²) in [5.74, 6) is -0.543. The zero-order valence-electron chi connectivity index (χ0n) is 15.3. The normalized spacial score (nSPS) is 10.9. The van der Waals surface area contributed by atoms with E-state index in [2.05, 4.69) is 9.97 Å². The zero-order valence-corrected chi connectivity index (χ0v) is 16.9. The summed E-state index contributed by atoms with van der Waals surface area (Å²) in [6, 6.07) is 12.9. The van der Waals surface area contributed by atoms with Gasteiger partial charge in [0.05, 0.1) is 28.9 Å². The van der Waals surface area contributed by atoms with Crippen LogP contribution < -0.4 is 9.64 Å². The van der Waals surface area contributed by atoms with Crippen molar-refractivity contribution in [3.05, 3.63) is 82.9 Å². The number of halogens is 2. The number of benzene rings is 2. The second-order valence-electron chi connectivity index (χ2n) is 6.16. The Bertz CT molecular complexity index is 1180. The fourth-order valence-electron chi connectivity index (χ4n) is 2.90. The van der Waals surface area contributed by atoms with Gasteiger partial charge in [0.15, 0.2) is 5.13 Å². The highest BCUT2D eigenvalue weighted by Gasteiger charge is 2.25. The topological polar surface area (TPSA) is 55.3 Å². The third-order valence-electron chi connectivity index (χ3n) is 4.31. The maximum atomic E-state index is 14.3. The number of hydrogen-bond donors (Lipinski definition) is 0. The molecule has 29 heavy (non-hydrogen) atoms. The summed E-state index contributed by atoms with van der Waals surface area (Å²) in [5.41, 5.74) is 1.31. The molecular formula is C21H15ClFN3O2S. The van der Waals surface area contributed by atoms with Crippen LogP contribution in [0.3, 0.4) is 0 Å². The molecule has 0 atom stereocenters. The molecule has 4 rings (SSSR count). The van der Waals surface area contributed by atoms with E-state index in [1.54, 1.807) is 49.8 Å². The van der Waals surface area contributed by atoms with Gasteiger partial charge in [0.1, 0.15) is 17.1 Å². The molecule has 2 aromatic carbocycles. The molecule has 8 heteroatoms. The molecule has 0 N–H and O–H groups in total. The Labute approximate surface area is 175 Å². The molecule has 0 aliphatic carbocycles. The third-order valence-corrected chi connectivity index (χ3v) is 5.85. The van der Waals surface area contributed by atoms with Crippen molar-refractivity contribution in [3.8, 4) is 5.75 Å². The number of methoxy groups -OCH3 is 1. The van der Waals surface area contributed by atoms with Crippen molar-refractivity contribution in [1.29, 1.82) is 0 Å². The lowest BCUT2D eigenvalue weighted by Gasteiger charge is -2.20. The minimum absolute atomic E-state index is 0.0336. The molecule has 2 heterocycles. The molecule has 0 saturated carbocycles. The first-order valence-corrected chi connectivity index (χ1v) is 9.86. The highest BCUT2D eigenvalue weighted by atomic mass is 35.5. The van der Waals surface area contributed by atoms with E-state index < -0.39 is 11.7 Å². The van der Waals surface area contributed by atoms with Gasteiger partial charge < -0.3 is 4.74 Å². The Balaban J connectivity index is 1.84. The second-order valence-corrected chi connectivity index (χ2v) is 7.54. The molecule has 0 bridgehead atoms. The number of aromatic nitrogens is 2. The van der Waals surface area contributed by atoms with Crippen molar-refractivity contribution >= 4 is 44.2 Å². The first-order chi connectivity index (χ1) is 14.1. The van der Waals surface area contributed by atoms with Gasteiger partial charge in [-0.2, -0.15) is 0 Å². The molecule has 0 unspecified atom stereocenters. The maximum absolute atomic E-state index is 14.3. The number of thiazole rings is 1. The van der Waals surface area contributed by atoms with Gasteiger partial charge in [0.25, 0.3) is 5.91 Å². The number of rotatable bonds is 5. The lowest BCUT2D eigenvalue weighted by atomic mass is 10.1. The fraction of sp³-hybridized carbons (Fsp3) is 0.0952. The van der Waals surface area contributed by atoms with Crippen molar-refractivity contribution in [2.75, 3.05) is 12.0 Å². The van der Waals surface area contributed by atoms with Crippen LogP contribution in [-0.2, 0) is 6.54 Å². The van der Waals surface area contributed by atoms with Crippen molar-refractivity contribution < 1.29 is 13.9 Å². The van der Waals surface area contributed by atoms with Crippen molar-refractivity contribution in [3.63, 3.8) is 0 Å². The van der Waals surface area contributed by atoms with Crippen molar-refractivity contribution in [1.82, 2.24) is 9.97 Å². The third kappa shape index (κ3) is 3.79. The first kappa shape index (κ1) is 19.3. The molecule has 5 nitrogen and oxygen atoms in total. The number of ether oxygens (including phenoxy) is 1. The number of nitrogens with zero attached hydrogens (tertiary/aromatic N) is 3. The van der Waals surface area contributed by atoms with Gasteiger partial charge in [-0.15, -0.1) is 0 Å². The number of carbonyl (C=O) groups excluding carboxylic acids is 1. The highest BCUT2D eigenvalue weighted by Crippen LogP contribution is 2.39. The van der Waals surface area contributed by atoms with Crippen LogP contribution in [0.5, 0.6) is 5.75 Å². The van der Waals surface area contributed by atoms with Crippen LogP contribution >= 0.6 is 22.9 Å². The Kier molecular flexibility index (Phi) is 5.42. The van der Waals surface area contributed by atoms with Crippen molar-refractivity contribution in [2.45, 2.75) is 6.54 Å². The molecule has 0 aliphatic rings. The molecule has 0 aliphatic heterocycles. The quantitative estimate of drug-likeness (QED) is 0.431. The van der Waals surface area contributed by atoms with Gasteiger partial charge in [-0.1, -0.05) is 41.1 Å². The zero-order chi connectivity index (χ0) is 20.4. The van der Waals surface area contributed by atoms with E-state index in [4.69, 9.17) is 16.3 Å². The van der Waals surface area contributed by atoms with E-state index in [0.717, 1.165) is 5.56 Å². The summed E-state index contributed by atoms with van der Waals surface area (Å²) in [6.07, 6.45) is 3.30. The van der Waals surface area contributed by atoms with E-state index in [-0.39, 0.29) is 12.1 Å². The van der Waals surface area contributed by atoms with E-state index in [1.165, 1.54) is 28.4 Å². The van der Waals surface area contributed by atoms with Crippen LogP contribution in [0, 0.1) is 5.82 Å². The Morgan fingerprint density at radius 2 is 2.03 bits per heavy atom. The Morgan fingerprint density at radius 1 is 1.21 bits per heavy atom. The number of carbonyl (C=O) groups is 1. The van der Waals surface area contributed by atoms with Gasteiger partial charge >= 0.3 is 0 Å². The van der Waals surface area contributed by atoms with Gasteiger partial charge in [-0.05, 0) is 35.9 Å². The predicted octanol–water partition coefficient (Wildman–Crippen LogP) is 5.34. The minimum Gasteiger partial charge on any atom is -0.494 e. The molecule has 0 spiro atoms. The number of fused-ring (bicyclic) bond motifs is 1. The van der Waals surface area contributed by atoms with Crippen LogP contribution in [-0.4, -0.2) is 23.0 Å². The minimum atomic E-state index is -0.592. The molecule has 0 fully saturated rings. The molecule has 146 valence electrons. The van der Waals surface area contributed by atoms with Gasteiger partial charge in [-0.25, -0.2) is 9.37 Å². The number of amides is 1. The smallest absolute Gasteiger partial charge is 0.263 e. The molecule has 0 saturated heterocycles. The summed E-state index contributed by atoms with van der Waals surface area (Å²) in [7, 11) is 1.54. The number of anilines is 1. The average Bonchev–Trinajstić information content (AvgIpc) is 3.19. The number of hydrogen-bond acceptors (Lipinski definition) is 5. The summed E-state index contributed by atoms with van der Waals surface area (Å²) >= 11 is 7.58. The van der Waals surface area contributed by atoms with Crippen molar-refractivity contribution in [2.24, 2.45) is 0 Å². The first-order valence-electron chi connectivity index (χ1n) is 8.67. The lowest BCUT2D eigenvalue weighted by molar-refractivity contribution is 0.0981. The standard InChI is InChI=1S/C21H15ClFN3O2S/c1-28-17-9-8-15(22)19-18(17)25-21(29-19)26(12-13-5-4-10-24-11-13)20(27)14-6-2-3-7-16(14)23/h2-11H,12H2,1H3. The predicted molar refractivity (Wildman–Crippen MR) is 112 cm³/mol. The summed E-state index contributed by atoms with van der Waals surface area (Å²) in [6.45, 7) is 0.181. The van der Waals surface area contributed by atoms with Crippen LogP contribution in [0.4, 0.5) is 9.52 Å². The molecule has 4 aromatic rings. The van der Waals surface area contributed by atoms with Crippen LogP contribution in [0.25, 0.3) is 10.2 Å². The van der Waals surface area contributed by atoms with E-state index in [9.17, 15) is 9.18 Å². The van der Waals surface area contributed by atoms with Crippen LogP contribution in [0.1, 0.15) is 15.9 Å². The van der Waals surface area contributed by atoms with Gasteiger partial charge in [0, 0.05) is 12.4 Å². The molecular weight excluding hydrogens is 413 g/mol. The van der Waals surface area contributed by atoms with E-state index >= 15 is 0 Å². The number of pyridine rings is 1. The summed E-state index contributed by atoms with van der Waals surface area (Å²) < 4.78 is 20.4. The second kappa shape index (κ2) is 8.14. The van der Waals surface area contributed by atoms with Crippen LogP contribution in [0.15, 0.2) is 60.9 Å². The Hall–Kier alpha value is -3.03. The fourth-order valence-corrected chi connectivity index (χ4v) is 4.16. The van der Waals surface area contributed by atoms with Gasteiger partial charge in [0.2, 0.25) is 0 Å². The molecule has 0 radical (unpaired) electrons. The molecule has 1 amide bonds. The SMILES string of the molecule is COc1ccc(Cl)c2sc(N(Cc3cccnc3)C(=O)c3ccccc3F)nc12. The van der Waals surface area contributed by atoms with Gasteiger partial charge in [-0.3, -0.25) is 14.7 Å². The van der Waals surface area contributed by atoms with Crippen LogP contribution in [0.2, 0.25) is 5.02 Å². The van der Waals surface area contributed by atoms with E-state index in [1.807, 2.05) is 6.07 Å². The highest BCUT2D eigenvalue weighted by molar-refractivity contribution is 7.23. The lowest BCUT2D eigenvalue weighted by Crippen LogP contribution is -2.31. The largest absolute Gasteiger partial charge is 0.494 e. The Morgan fingerprint density at radius 3 is 2.76 bits per heavy atom.